The second-order valence-electron chi connectivity index (χ2n) is 4.91. The number of halogens is 1. The van der Waals surface area contributed by atoms with Crippen LogP contribution in [0.4, 0.5) is 9.18 Å². The van der Waals surface area contributed by atoms with E-state index in [9.17, 15) is 9.18 Å². The summed E-state index contributed by atoms with van der Waals surface area (Å²) in [6.07, 6.45) is 6.14. The largest absolute Gasteiger partial charge is 0.332 e. The molecule has 0 saturated carbocycles. The molecule has 2 heterocycles. The zero-order chi connectivity index (χ0) is 15.4. The summed E-state index contributed by atoms with van der Waals surface area (Å²) in [5.41, 5.74) is 1.30. The molecule has 0 aromatic carbocycles. The Morgan fingerprint density at radius 2 is 2.00 bits per heavy atom. The van der Waals surface area contributed by atoms with Crippen LogP contribution in [0, 0.1) is 5.82 Å². The number of hydrogen-bond acceptors (Lipinski definition) is 3. The maximum atomic E-state index is 13.6. The molecule has 2 atom stereocenters. The summed E-state index contributed by atoms with van der Waals surface area (Å²) in [5.74, 6) is -0.439. The van der Waals surface area contributed by atoms with E-state index in [0.29, 0.717) is 5.56 Å². The van der Waals surface area contributed by atoms with Crippen LogP contribution in [-0.4, -0.2) is 20.8 Å². The fourth-order valence-electron chi connectivity index (χ4n) is 2.00. The number of carbonyl (C=O) groups is 1. The van der Waals surface area contributed by atoms with Gasteiger partial charge in [-0.1, -0.05) is 0 Å². The highest BCUT2D eigenvalue weighted by atomic mass is 19.1. The molecule has 2 unspecified atom stereocenters. The minimum atomic E-state index is -0.450. The van der Waals surface area contributed by atoms with Gasteiger partial charge in [0.2, 0.25) is 0 Å². The quantitative estimate of drug-likeness (QED) is 0.906. The first kappa shape index (κ1) is 15.0. The zero-order valence-electron chi connectivity index (χ0n) is 12.2. The minimum Gasteiger partial charge on any atom is -0.332 e. The van der Waals surface area contributed by atoms with Crippen molar-refractivity contribution in [3.05, 3.63) is 47.8 Å². The van der Waals surface area contributed by atoms with Gasteiger partial charge in [-0.25, -0.2) is 9.18 Å². The standard InChI is InChI=1S/C14H18FN5O/c1-9(11-6-17-20(3)8-11)18-14(21)19-10(2)12-4-5-16-7-13(12)15/h4-10H,1-3H3,(H2,18,19,21). The first-order valence-electron chi connectivity index (χ1n) is 6.62. The van der Waals surface area contributed by atoms with Crippen molar-refractivity contribution in [3.63, 3.8) is 0 Å². The molecule has 0 spiro atoms. The van der Waals surface area contributed by atoms with Crippen LogP contribution in [0.3, 0.4) is 0 Å². The van der Waals surface area contributed by atoms with E-state index in [2.05, 4.69) is 20.7 Å². The van der Waals surface area contributed by atoms with Crippen molar-refractivity contribution in [2.45, 2.75) is 25.9 Å². The number of nitrogens with one attached hydrogen (secondary N) is 2. The summed E-state index contributed by atoms with van der Waals surface area (Å²) < 4.78 is 15.2. The molecule has 0 aliphatic carbocycles. The van der Waals surface area contributed by atoms with Crippen molar-refractivity contribution in [2.24, 2.45) is 7.05 Å². The van der Waals surface area contributed by atoms with Crippen molar-refractivity contribution >= 4 is 6.03 Å². The summed E-state index contributed by atoms with van der Waals surface area (Å²) in [7, 11) is 1.81. The molecule has 0 saturated heterocycles. The lowest BCUT2D eigenvalue weighted by Gasteiger charge is -2.18. The van der Waals surface area contributed by atoms with Gasteiger partial charge < -0.3 is 10.6 Å². The molecule has 2 aromatic rings. The Morgan fingerprint density at radius 3 is 2.62 bits per heavy atom. The topological polar surface area (TPSA) is 71.8 Å². The van der Waals surface area contributed by atoms with Crippen molar-refractivity contribution in [1.82, 2.24) is 25.4 Å². The Hall–Kier alpha value is -2.44. The maximum absolute atomic E-state index is 13.6. The Labute approximate surface area is 122 Å². The first-order valence-corrected chi connectivity index (χ1v) is 6.62. The van der Waals surface area contributed by atoms with E-state index in [4.69, 9.17) is 0 Å². The number of pyridine rings is 1. The van der Waals surface area contributed by atoms with Gasteiger partial charge in [0, 0.05) is 30.6 Å². The number of rotatable bonds is 4. The Bertz CT molecular complexity index is 627. The molecule has 0 aliphatic heterocycles. The smallest absolute Gasteiger partial charge is 0.315 e. The molecule has 0 radical (unpaired) electrons. The molecule has 7 heteroatoms. The number of aryl methyl sites for hydroxylation is 1. The van der Waals surface area contributed by atoms with Gasteiger partial charge in [0.1, 0.15) is 5.82 Å². The van der Waals surface area contributed by atoms with Gasteiger partial charge in [0.25, 0.3) is 0 Å². The molecule has 0 fully saturated rings. The van der Waals surface area contributed by atoms with Crippen LogP contribution < -0.4 is 10.6 Å². The van der Waals surface area contributed by atoms with Crippen LogP contribution in [0.2, 0.25) is 0 Å². The van der Waals surface area contributed by atoms with E-state index >= 15 is 0 Å². The predicted octanol–water partition coefficient (Wildman–Crippen LogP) is 2.08. The molecule has 2 amide bonds. The van der Waals surface area contributed by atoms with Crippen LogP contribution in [-0.2, 0) is 7.05 Å². The maximum Gasteiger partial charge on any atom is 0.315 e. The number of carbonyl (C=O) groups excluding carboxylic acids is 1. The zero-order valence-corrected chi connectivity index (χ0v) is 12.2. The monoisotopic (exact) mass is 291 g/mol. The molecule has 2 N–H and O–H groups in total. The summed E-state index contributed by atoms with van der Waals surface area (Å²) in [4.78, 5) is 15.6. The summed E-state index contributed by atoms with van der Waals surface area (Å²) in [5, 5.41) is 9.54. The van der Waals surface area contributed by atoms with Gasteiger partial charge in [0.15, 0.2) is 0 Å². The van der Waals surface area contributed by atoms with Gasteiger partial charge in [-0.2, -0.15) is 5.10 Å². The van der Waals surface area contributed by atoms with Crippen molar-refractivity contribution in [3.8, 4) is 0 Å². The highest BCUT2D eigenvalue weighted by Crippen LogP contribution is 2.15. The number of aromatic nitrogens is 3. The summed E-state index contributed by atoms with van der Waals surface area (Å²) >= 11 is 0. The van der Waals surface area contributed by atoms with Gasteiger partial charge in [-0.3, -0.25) is 9.67 Å². The molecule has 0 bridgehead atoms. The van der Waals surface area contributed by atoms with Crippen molar-refractivity contribution in [1.29, 1.82) is 0 Å². The van der Waals surface area contributed by atoms with Crippen LogP contribution in [0.25, 0.3) is 0 Å². The molecule has 0 aliphatic rings. The third-order valence-electron chi connectivity index (χ3n) is 3.19. The van der Waals surface area contributed by atoms with Gasteiger partial charge in [-0.05, 0) is 19.9 Å². The second-order valence-corrected chi connectivity index (χ2v) is 4.91. The summed E-state index contributed by atoms with van der Waals surface area (Å²) in [6.45, 7) is 3.57. The average Bonchev–Trinajstić information content (AvgIpc) is 2.85. The second kappa shape index (κ2) is 6.34. The van der Waals surface area contributed by atoms with Crippen LogP contribution in [0.15, 0.2) is 30.9 Å². The fraction of sp³-hybridized carbons (Fsp3) is 0.357. The van der Waals surface area contributed by atoms with E-state index < -0.39 is 11.9 Å². The molecule has 112 valence electrons. The van der Waals surface area contributed by atoms with E-state index in [1.807, 2.05) is 20.2 Å². The molecular weight excluding hydrogens is 273 g/mol. The van der Waals surface area contributed by atoms with Crippen molar-refractivity contribution in [2.75, 3.05) is 0 Å². The first-order chi connectivity index (χ1) is 9.97. The normalized spacial score (nSPS) is 13.5. The summed E-state index contributed by atoms with van der Waals surface area (Å²) in [6, 6.07) is 0.544. The Morgan fingerprint density at radius 1 is 1.29 bits per heavy atom. The Balaban J connectivity index is 1.94. The lowest BCUT2D eigenvalue weighted by atomic mass is 10.1. The lowest BCUT2D eigenvalue weighted by molar-refractivity contribution is 0.234. The third kappa shape index (κ3) is 3.77. The average molecular weight is 291 g/mol. The SMILES string of the molecule is CC(NC(=O)NC(C)c1ccncc1F)c1cnn(C)c1. The van der Waals surface area contributed by atoms with E-state index in [0.717, 1.165) is 11.8 Å². The van der Waals surface area contributed by atoms with Gasteiger partial charge >= 0.3 is 6.03 Å². The van der Waals surface area contributed by atoms with Crippen LogP contribution in [0.5, 0.6) is 0 Å². The molecule has 21 heavy (non-hydrogen) atoms. The molecular formula is C14H18FN5O. The lowest BCUT2D eigenvalue weighted by Crippen LogP contribution is -2.38. The van der Waals surface area contributed by atoms with Gasteiger partial charge in [-0.15, -0.1) is 0 Å². The Kier molecular flexibility index (Phi) is 4.52. The predicted molar refractivity (Wildman–Crippen MR) is 75.9 cm³/mol. The van der Waals surface area contributed by atoms with E-state index in [1.54, 1.807) is 23.9 Å². The fourth-order valence-corrected chi connectivity index (χ4v) is 2.00. The van der Waals surface area contributed by atoms with E-state index in [1.165, 1.54) is 6.20 Å². The minimum absolute atomic E-state index is 0.187. The van der Waals surface area contributed by atoms with Crippen LogP contribution in [0.1, 0.15) is 37.1 Å². The van der Waals surface area contributed by atoms with Crippen LogP contribution >= 0.6 is 0 Å². The highest BCUT2D eigenvalue weighted by Gasteiger charge is 2.16. The van der Waals surface area contributed by atoms with Gasteiger partial charge in [0.05, 0.1) is 24.5 Å². The highest BCUT2D eigenvalue weighted by molar-refractivity contribution is 5.74. The van der Waals surface area contributed by atoms with E-state index in [-0.39, 0.29) is 12.1 Å². The molecule has 2 rings (SSSR count). The molecule has 2 aromatic heterocycles. The number of hydrogen-bond donors (Lipinski definition) is 2. The molecule has 6 nitrogen and oxygen atoms in total. The van der Waals surface area contributed by atoms with Crippen molar-refractivity contribution < 1.29 is 9.18 Å². The number of urea groups is 1. The number of amides is 2. The number of nitrogens with zero attached hydrogens (tertiary/aromatic N) is 3. The third-order valence-corrected chi connectivity index (χ3v) is 3.19.